The first kappa shape index (κ1) is 20.1. The van der Waals surface area contributed by atoms with Gasteiger partial charge in [0.25, 0.3) is 0 Å². The number of hydrogen-bond donors (Lipinski definition) is 2. The van der Waals surface area contributed by atoms with Crippen LogP contribution in [0.4, 0.5) is 0 Å². The van der Waals surface area contributed by atoms with E-state index in [0.717, 1.165) is 24.8 Å². The van der Waals surface area contributed by atoms with Crippen molar-refractivity contribution in [3.63, 3.8) is 0 Å². The smallest absolute Gasteiger partial charge is 0.240 e. The standard InChI is InChI=1S/C19H20Cl2N2O3S/c20-15-7-5-14(6-8-15)19(10-2-11-19)23-18(24)9-12-22-27(25,26)17-4-1-3-16(21)13-17/h1,3-8,13,22H,2,9-12H2,(H,23,24). The highest BCUT2D eigenvalue weighted by Crippen LogP contribution is 2.41. The molecule has 3 rings (SSSR count). The Labute approximate surface area is 169 Å². The van der Waals surface area contributed by atoms with E-state index >= 15 is 0 Å². The van der Waals surface area contributed by atoms with Crippen LogP contribution >= 0.6 is 23.2 Å². The van der Waals surface area contributed by atoms with Crippen molar-refractivity contribution >= 4 is 39.1 Å². The average Bonchev–Trinajstić information content (AvgIpc) is 2.59. The zero-order valence-electron chi connectivity index (χ0n) is 14.5. The summed E-state index contributed by atoms with van der Waals surface area (Å²) in [6, 6.07) is 13.4. The molecule has 2 N–H and O–H groups in total. The minimum absolute atomic E-state index is 0.0113. The van der Waals surface area contributed by atoms with E-state index in [1.807, 2.05) is 24.3 Å². The third kappa shape index (κ3) is 4.82. The monoisotopic (exact) mass is 426 g/mol. The van der Waals surface area contributed by atoms with Gasteiger partial charge >= 0.3 is 0 Å². The van der Waals surface area contributed by atoms with Gasteiger partial charge in [0.1, 0.15) is 0 Å². The number of carbonyl (C=O) groups is 1. The maximum atomic E-state index is 12.4. The van der Waals surface area contributed by atoms with E-state index in [2.05, 4.69) is 10.0 Å². The van der Waals surface area contributed by atoms with Crippen LogP contribution in [-0.2, 0) is 20.4 Å². The summed E-state index contributed by atoms with van der Waals surface area (Å²) >= 11 is 11.8. The summed E-state index contributed by atoms with van der Waals surface area (Å²) < 4.78 is 27.0. The van der Waals surface area contributed by atoms with Crippen molar-refractivity contribution in [3.8, 4) is 0 Å². The Morgan fingerprint density at radius 3 is 2.33 bits per heavy atom. The second-order valence-corrected chi connectivity index (χ2v) is 9.24. The lowest BCUT2D eigenvalue weighted by Crippen LogP contribution is -2.51. The lowest BCUT2D eigenvalue weighted by Gasteiger charge is -2.43. The molecule has 1 aliphatic rings. The summed E-state index contributed by atoms with van der Waals surface area (Å²) in [6.07, 6.45) is 2.79. The summed E-state index contributed by atoms with van der Waals surface area (Å²) in [5.41, 5.74) is 0.638. The molecule has 0 radical (unpaired) electrons. The van der Waals surface area contributed by atoms with Gasteiger partial charge in [-0.15, -0.1) is 0 Å². The van der Waals surface area contributed by atoms with Crippen LogP contribution in [0.25, 0.3) is 0 Å². The van der Waals surface area contributed by atoms with Gasteiger partial charge in [0.2, 0.25) is 15.9 Å². The molecular weight excluding hydrogens is 407 g/mol. The van der Waals surface area contributed by atoms with E-state index in [9.17, 15) is 13.2 Å². The second kappa shape index (κ2) is 8.19. The fourth-order valence-corrected chi connectivity index (χ4v) is 4.59. The SMILES string of the molecule is O=C(CCNS(=O)(=O)c1cccc(Cl)c1)NC1(c2ccc(Cl)cc2)CCC1. The highest BCUT2D eigenvalue weighted by molar-refractivity contribution is 7.89. The number of halogens is 2. The molecule has 8 heteroatoms. The topological polar surface area (TPSA) is 75.3 Å². The molecule has 1 amide bonds. The van der Waals surface area contributed by atoms with Crippen LogP contribution in [0.2, 0.25) is 10.0 Å². The Morgan fingerprint density at radius 2 is 1.74 bits per heavy atom. The quantitative estimate of drug-likeness (QED) is 0.705. The van der Waals surface area contributed by atoms with Gasteiger partial charge < -0.3 is 5.32 Å². The fourth-order valence-electron chi connectivity index (χ4n) is 3.13. The summed E-state index contributed by atoms with van der Waals surface area (Å²) in [5.74, 6) is -0.196. The van der Waals surface area contributed by atoms with Crippen LogP contribution < -0.4 is 10.0 Å². The summed E-state index contributed by atoms with van der Waals surface area (Å²) in [5, 5.41) is 4.05. The molecule has 0 atom stereocenters. The zero-order chi connectivity index (χ0) is 19.5. The average molecular weight is 427 g/mol. The maximum Gasteiger partial charge on any atom is 0.240 e. The molecule has 2 aromatic rings. The van der Waals surface area contributed by atoms with Crippen molar-refractivity contribution in [1.82, 2.24) is 10.0 Å². The Kier molecular flexibility index (Phi) is 6.11. The van der Waals surface area contributed by atoms with Crippen molar-refractivity contribution in [1.29, 1.82) is 0 Å². The van der Waals surface area contributed by atoms with Crippen LogP contribution in [0.1, 0.15) is 31.2 Å². The first-order chi connectivity index (χ1) is 12.8. The van der Waals surface area contributed by atoms with Gasteiger partial charge in [-0.05, 0) is 55.2 Å². The van der Waals surface area contributed by atoms with E-state index in [1.54, 1.807) is 12.1 Å². The Hall–Kier alpha value is -1.60. The number of rotatable bonds is 7. The number of benzene rings is 2. The zero-order valence-corrected chi connectivity index (χ0v) is 16.9. The largest absolute Gasteiger partial charge is 0.347 e. The first-order valence-electron chi connectivity index (χ1n) is 8.63. The van der Waals surface area contributed by atoms with Crippen LogP contribution in [0.15, 0.2) is 53.4 Å². The van der Waals surface area contributed by atoms with E-state index in [1.165, 1.54) is 12.1 Å². The molecular formula is C19H20Cl2N2O3S. The van der Waals surface area contributed by atoms with Gasteiger partial charge in [0, 0.05) is 23.0 Å². The van der Waals surface area contributed by atoms with Gasteiger partial charge in [-0.25, -0.2) is 13.1 Å². The van der Waals surface area contributed by atoms with Crippen LogP contribution in [0.5, 0.6) is 0 Å². The molecule has 0 aromatic heterocycles. The van der Waals surface area contributed by atoms with Gasteiger partial charge in [-0.3, -0.25) is 4.79 Å². The highest BCUT2D eigenvalue weighted by Gasteiger charge is 2.39. The molecule has 1 saturated carbocycles. The second-order valence-electron chi connectivity index (χ2n) is 6.60. The van der Waals surface area contributed by atoms with Crippen molar-refractivity contribution < 1.29 is 13.2 Å². The molecule has 1 fully saturated rings. The molecule has 0 bridgehead atoms. The summed E-state index contributed by atoms with van der Waals surface area (Å²) in [7, 11) is -3.70. The van der Waals surface area contributed by atoms with Crippen LogP contribution in [0, 0.1) is 0 Å². The Morgan fingerprint density at radius 1 is 1.04 bits per heavy atom. The Balaban J connectivity index is 1.57. The van der Waals surface area contributed by atoms with Crippen molar-refractivity contribution in [2.75, 3.05) is 6.54 Å². The van der Waals surface area contributed by atoms with Gasteiger partial charge in [0.05, 0.1) is 10.4 Å². The first-order valence-corrected chi connectivity index (χ1v) is 10.9. The lowest BCUT2D eigenvalue weighted by atomic mass is 9.71. The molecule has 0 unspecified atom stereocenters. The summed E-state index contributed by atoms with van der Waals surface area (Å²) in [4.78, 5) is 12.5. The predicted molar refractivity (Wildman–Crippen MR) is 106 cm³/mol. The molecule has 0 spiro atoms. The molecule has 0 saturated heterocycles. The number of hydrogen-bond acceptors (Lipinski definition) is 3. The number of amides is 1. The lowest BCUT2D eigenvalue weighted by molar-refractivity contribution is -0.124. The minimum atomic E-state index is -3.70. The highest BCUT2D eigenvalue weighted by atomic mass is 35.5. The minimum Gasteiger partial charge on any atom is -0.347 e. The van der Waals surface area contributed by atoms with Gasteiger partial charge in [-0.1, -0.05) is 41.4 Å². The third-order valence-corrected chi connectivity index (χ3v) is 6.68. The van der Waals surface area contributed by atoms with E-state index in [0.29, 0.717) is 10.0 Å². The molecule has 1 aliphatic carbocycles. The van der Waals surface area contributed by atoms with E-state index < -0.39 is 10.0 Å². The molecule has 27 heavy (non-hydrogen) atoms. The van der Waals surface area contributed by atoms with E-state index in [4.69, 9.17) is 23.2 Å². The van der Waals surface area contributed by atoms with Crippen LogP contribution in [-0.4, -0.2) is 20.9 Å². The number of sulfonamides is 1. The van der Waals surface area contributed by atoms with Crippen LogP contribution in [0.3, 0.4) is 0 Å². The Bertz CT molecular complexity index is 926. The molecule has 0 heterocycles. The van der Waals surface area contributed by atoms with Crippen molar-refractivity contribution in [2.24, 2.45) is 0 Å². The molecule has 0 aliphatic heterocycles. The predicted octanol–water partition coefficient (Wildman–Crippen LogP) is 3.86. The molecule has 144 valence electrons. The fraction of sp³-hybridized carbons (Fsp3) is 0.316. The van der Waals surface area contributed by atoms with Crippen molar-refractivity contribution in [3.05, 3.63) is 64.1 Å². The molecule has 5 nitrogen and oxygen atoms in total. The van der Waals surface area contributed by atoms with Gasteiger partial charge in [0.15, 0.2) is 0 Å². The third-order valence-electron chi connectivity index (χ3n) is 4.73. The summed E-state index contributed by atoms with van der Waals surface area (Å²) in [6.45, 7) is 0.0113. The van der Waals surface area contributed by atoms with E-state index in [-0.39, 0.29) is 29.3 Å². The molecule has 2 aromatic carbocycles. The normalized spacial score (nSPS) is 15.8. The maximum absolute atomic E-state index is 12.4. The number of carbonyl (C=O) groups excluding carboxylic acids is 1. The number of nitrogens with one attached hydrogen (secondary N) is 2. The van der Waals surface area contributed by atoms with Crippen molar-refractivity contribution in [2.45, 2.75) is 36.1 Å². The van der Waals surface area contributed by atoms with Gasteiger partial charge in [-0.2, -0.15) is 0 Å².